The lowest BCUT2D eigenvalue weighted by atomic mass is 9.76. The minimum Gasteiger partial charge on any atom is -0.478 e. The maximum Gasteiger partial charge on any atom is 0.265 e. The number of rotatable bonds is 2. The number of likely N-dealkylation sites (tertiary alicyclic amines) is 1. The van der Waals surface area contributed by atoms with E-state index < -0.39 is 17.7 Å². The van der Waals surface area contributed by atoms with Gasteiger partial charge in [-0.05, 0) is 55.0 Å². The smallest absolute Gasteiger partial charge is 0.265 e. The lowest BCUT2D eigenvalue weighted by molar-refractivity contribution is -0.124. The summed E-state index contributed by atoms with van der Waals surface area (Å²) in [6.45, 7) is 1.57. The van der Waals surface area contributed by atoms with Gasteiger partial charge in [0.1, 0.15) is 5.75 Å². The van der Waals surface area contributed by atoms with Crippen LogP contribution in [0, 0.1) is 5.92 Å². The summed E-state index contributed by atoms with van der Waals surface area (Å²) in [5.74, 6) is 0.632. The van der Waals surface area contributed by atoms with E-state index in [2.05, 4.69) is 22.8 Å². The highest BCUT2D eigenvalue weighted by Gasteiger charge is 2.45. The number of ether oxygens (including phenoxy) is 1. The molecular weight excluding hydrogens is 406 g/mol. The van der Waals surface area contributed by atoms with E-state index in [0.29, 0.717) is 35.9 Å². The van der Waals surface area contributed by atoms with Gasteiger partial charge < -0.3 is 25.4 Å². The normalized spacial score (nSPS) is 29.0. The fourth-order valence-electron chi connectivity index (χ4n) is 5.30. The summed E-state index contributed by atoms with van der Waals surface area (Å²) >= 11 is 0. The van der Waals surface area contributed by atoms with Gasteiger partial charge in [0, 0.05) is 31.1 Å². The average Bonchev–Trinajstić information content (AvgIpc) is 3.65. The molecule has 3 aliphatic heterocycles. The Labute approximate surface area is 186 Å². The number of piperidine rings is 1. The van der Waals surface area contributed by atoms with Crippen LogP contribution in [0.15, 0.2) is 42.5 Å². The van der Waals surface area contributed by atoms with Crippen LogP contribution < -0.4 is 15.4 Å². The lowest BCUT2D eigenvalue weighted by Gasteiger charge is -2.48. The molecule has 1 saturated heterocycles. The van der Waals surface area contributed by atoms with Crippen LogP contribution >= 0.6 is 0 Å². The Morgan fingerprint density at radius 1 is 1.16 bits per heavy atom. The molecule has 1 aliphatic carbocycles. The number of nitrogens with zero attached hydrogens (tertiary/aromatic N) is 1. The quantitative estimate of drug-likeness (QED) is 0.675. The predicted molar refractivity (Wildman–Crippen MR) is 118 cm³/mol. The minimum atomic E-state index is -0.659. The summed E-state index contributed by atoms with van der Waals surface area (Å²) in [7, 11) is 0. The van der Waals surface area contributed by atoms with Gasteiger partial charge >= 0.3 is 0 Å². The molecule has 32 heavy (non-hydrogen) atoms. The number of fused-ring (bicyclic) bond motifs is 2. The molecule has 3 N–H and O–H groups in total. The molecule has 7 nitrogen and oxygen atoms in total. The summed E-state index contributed by atoms with van der Waals surface area (Å²) in [6, 6.07) is 13.5. The van der Waals surface area contributed by atoms with Crippen molar-refractivity contribution in [2.45, 2.75) is 50.0 Å². The fourth-order valence-corrected chi connectivity index (χ4v) is 5.30. The van der Waals surface area contributed by atoms with E-state index in [-0.39, 0.29) is 18.4 Å². The van der Waals surface area contributed by atoms with Crippen molar-refractivity contribution < 1.29 is 19.4 Å². The van der Waals surface area contributed by atoms with E-state index in [1.165, 1.54) is 11.1 Å². The molecule has 2 aromatic rings. The third kappa shape index (κ3) is 3.27. The number of hydrogen-bond acceptors (Lipinski definition) is 5. The Kier molecular flexibility index (Phi) is 4.52. The summed E-state index contributed by atoms with van der Waals surface area (Å²) < 4.78 is 5.88. The van der Waals surface area contributed by atoms with Gasteiger partial charge in [-0.15, -0.1) is 0 Å². The highest BCUT2D eigenvalue weighted by molar-refractivity contribution is 6.01. The zero-order chi connectivity index (χ0) is 21.9. The molecule has 3 atom stereocenters. The van der Waals surface area contributed by atoms with Crippen molar-refractivity contribution in [1.82, 2.24) is 10.2 Å². The molecule has 3 heterocycles. The van der Waals surface area contributed by atoms with Crippen LogP contribution in [0.3, 0.4) is 0 Å². The standard InChI is InChI=1S/C25H27N3O4/c29-21-14-28(10-9-25(21)12-17-3-1-2-4-18(17)13-26-25)24(31)16-7-8-20-19(11-16)27-23(30)22(32-20)15-5-6-15/h1-4,7-8,11,15,21-22,26,29H,5-6,9-10,12-14H2,(H,27,30)/t21-,22?,25+/m1/s1. The molecular formula is C25H27N3O4. The molecule has 2 aromatic carbocycles. The number of hydrogen-bond donors (Lipinski definition) is 3. The summed E-state index contributed by atoms with van der Waals surface area (Å²) in [4.78, 5) is 27.3. The average molecular weight is 434 g/mol. The van der Waals surface area contributed by atoms with E-state index in [9.17, 15) is 14.7 Å². The largest absolute Gasteiger partial charge is 0.478 e. The first kappa shape index (κ1) is 19.8. The third-order valence-electron chi connectivity index (χ3n) is 7.45. The van der Waals surface area contributed by atoms with Crippen molar-refractivity contribution in [3.8, 4) is 5.75 Å². The van der Waals surface area contributed by atoms with Gasteiger partial charge in [0.25, 0.3) is 11.8 Å². The van der Waals surface area contributed by atoms with E-state index >= 15 is 0 Å². The van der Waals surface area contributed by atoms with Gasteiger partial charge in [-0.25, -0.2) is 0 Å². The zero-order valence-electron chi connectivity index (χ0n) is 17.8. The molecule has 1 spiro atoms. The molecule has 1 unspecified atom stereocenters. The highest BCUT2D eigenvalue weighted by Crippen LogP contribution is 2.40. The van der Waals surface area contributed by atoms with Gasteiger partial charge in [-0.3, -0.25) is 9.59 Å². The summed E-state index contributed by atoms with van der Waals surface area (Å²) in [6.07, 6.45) is 2.39. The molecule has 166 valence electrons. The molecule has 0 bridgehead atoms. The Balaban J connectivity index is 1.17. The number of carbonyl (C=O) groups is 2. The molecule has 2 amide bonds. The van der Waals surface area contributed by atoms with E-state index in [4.69, 9.17) is 4.74 Å². The maximum absolute atomic E-state index is 13.2. The SMILES string of the molecule is O=C1Nc2cc(C(=O)N3CC[C@]4(Cc5ccccc5CN4)[C@H](O)C3)ccc2OC1C1CC1. The molecule has 4 aliphatic rings. The van der Waals surface area contributed by atoms with Crippen LogP contribution in [0.1, 0.15) is 40.7 Å². The number of amides is 2. The van der Waals surface area contributed by atoms with Crippen LogP contribution in [0.25, 0.3) is 0 Å². The van der Waals surface area contributed by atoms with Crippen molar-refractivity contribution in [1.29, 1.82) is 0 Å². The van der Waals surface area contributed by atoms with Crippen molar-refractivity contribution in [3.63, 3.8) is 0 Å². The molecule has 0 aromatic heterocycles. The molecule has 7 heteroatoms. The third-order valence-corrected chi connectivity index (χ3v) is 7.45. The first-order valence-corrected chi connectivity index (χ1v) is 11.4. The molecule has 2 fully saturated rings. The van der Waals surface area contributed by atoms with Crippen LogP contribution in [0.5, 0.6) is 5.75 Å². The molecule has 1 saturated carbocycles. The minimum absolute atomic E-state index is 0.136. The number of aliphatic hydroxyl groups is 1. The van der Waals surface area contributed by atoms with Gasteiger partial charge in [-0.1, -0.05) is 24.3 Å². The number of benzene rings is 2. The highest BCUT2D eigenvalue weighted by atomic mass is 16.5. The number of β-amino-alcohol motifs (C(OH)–C–C–N with tert-alkyl or cyclic N) is 1. The first-order chi connectivity index (χ1) is 15.5. The van der Waals surface area contributed by atoms with Crippen LogP contribution in [-0.4, -0.2) is 52.7 Å². The monoisotopic (exact) mass is 433 g/mol. The summed E-state index contributed by atoms with van der Waals surface area (Å²) in [5, 5.41) is 17.5. The van der Waals surface area contributed by atoms with Gasteiger partial charge in [-0.2, -0.15) is 0 Å². The number of carbonyl (C=O) groups excluding carboxylic acids is 2. The van der Waals surface area contributed by atoms with Gasteiger partial charge in [0.15, 0.2) is 6.10 Å². The maximum atomic E-state index is 13.2. The van der Waals surface area contributed by atoms with Crippen molar-refractivity contribution in [3.05, 3.63) is 59.2 Å². The van der Waals surface area contributed by atoms with E-state index in [0.717, 1.165) is 25.8 Å². The second kappa shape index (κ2) is 7.32. The predicted octanol–water partition coefficient (Wildman–Crippen LogP) is 2.09. The Morgan fingerprint density at radius 3 is 2.75 bits per heavy atom. The second-order valence-corrected chi connectivity index (χ2v) is 9.55. The number of aliphatic hydroxyl groups excluding tert-OH is 1. The topological polar surface area (TPSA) is 90.9 Å². The van der Waals surface area contributed by atoms with Gasteiger partial charge in [0.2, 0.25) is 0 Å². The number of anilines is 1. The number of nitrogens with one attached hydrogen (secondary N) is 2. The Morgan fingerprint density at radius 2 is 1.97 bits per heavy atom. The van der Waals surface area contributed by atoms with Crippen LogP contribution in [0.4, 0.5) is 5.69 Å². The first-order valence-electron chi connectivity index (χ1n) is 11.4. The van der Waals surface area contributed by atoms with Gasteiger partial charge in [0.05, 0.1) is 17.3 Å². The van der Waals surface area contributed by atoms with Crippen LogP contribution in [-0.2, 0) is 17.8 Å². The molecule has 6 rings (SSSR count). The van der Waals surface area contributed by atoms with Crippen molar-refractivity contribution in [2.75, 3.05) is 18.4 Å². The second-order valence-electron chi connectivity index (χ2n) is 9.55. The fraction of sp³-hybridized carbons (Fsp3) is 0.440. The Bertz CT molecular complexity index is 1100. The van der Waals surface area contributed by atoms with E-state index in [1.54, 1.807) is 23.1 Å². The van der Waals surface area contributed by atoms with E-state index in [1.807, 2.05) is 12.1 Å². The lowest BCUT2D eigenvalue weighted by Crippen LogP contribution is -2.65. The zero-order valence-corrected chi connectivity index (χ0v) is 17.8. The summed E-state index contributed by atoms with van der Waals surface area (Å²) in [5.41, 5.74) is 3.16. The van der Waals surface area contributed by atoms with Crippen LogP contribution in [0.2, 0.25) is 0 Å². The van der Waals surface area contributed by atoms with Crippen molar-refractivity contribution >= 4 is 17.5 Å². The Hall–Kier alpha value is -2.90. The van der Waals surface area contributed by atoms with Crippen molar-refractivity contribution in [2.24, 2.45) is 5.92 Å². The molecule has 0 radical (unpaired) electrons.